The first kappa shape index (κ1) is 26.2. The first-order chi connectivity index (χ1) is 15.1. The summed E-state index contributed by atoms with van der Waals surface area (Å²) in [5, 5.41) is 10.8. The number of carbonyl (C=O) groups is 1. The van der Waals surface area contributed by atoms with Crippen LogP contribution >= 0.6 is 24.0 Å². The molecule has 0 radical (unpaired) electrons. The molecule has 0 spiro atoms. The van der Waals surface area contributed by atoms with Gasteiger partial charge in [0.05, 0.1) is 12.2 Å². The van der Waals surface area contributed by atoms with Gasteiger partial charge in [0.25, 0.3) is 5.91 Å². The molecule has 0 atom stereocenters. The Labute approximate surface area is 208 Å². The molecule has 2 aromatic rings. The van der Waals surface area contributed by atoms with Crippen LogP contribution in [0.5, 0.6) is 0 Å². The molecule has 0 unspecified atom stereocenters. The number of guanidine groups is 1. The van der Waals surface area contributed by atoms with Crippen molar-refractivity contribution >= 4 is 35.8 Å². The lowest BCUT2D eigenvalue weighted by atomic mass is 9.99. The normalized spacial score (nSPS) is 14.2. The van der Waals surface area contributed by atoms with Crippen LogP contribution in [-0.2, 0) is 13.1 Å². The number of rotatable bonds is 8. The molecule has 2 N–H and O–H groups in total. The Bertz CT molecular complexity index is 873. The Kier molecular flexibility index (Phi) is 11.0. The molecule has 0 saturated carbocycles. The number of piperidine rings is 1. The molecule has 176 valence electrons. The van der Waals surface area contributed by atoms with E-state index in [4.69, 9.17) is 4.52 Å². The predicted octanol–water partition coefficient (Wildman–Crippen LogP) is 4.69. The molecule has 8 heteroatoms. The molecular formula is C24H36IN5O2. The van der Waals surface area contributed by atoms with Crippen LogP contribution in [0.1, 0.15) is 79.2 Å². The van der Waals surface area contributed by atoms with Gasteiger partial charge in [-0.3, -0.25) is 9.79 Å². The average Bonchev–Trinajstić information content (AvgIpc) is 3.29. The smallest absolute Gasteiger partial charge is 0.253 e. The van der Waals surface area contributed by atoms with E-state index in [-0.39, 0.29) is 29.9 Å². The highest BCUT2D eigenvalue weighted by Gasteiger charge is 2.18. The number of nitrogens with zero attached hydrogens (tertiary/aromatic N) is 3. The first-order valence-electron chi connectivity index (χ1n) is 11.4. The average molecular weight is 553 g/mol. The molecule has 1 aromatic heterocycles. The summed E-state index contributed by atoms with van der Waals surface area (Å²) in [5.74, 6) is 2.03. The van der Waals surface area contributed by atoms with Crippen LogP contribution in [-0.4, -0.2) is 42.1 Å². The minimum atomic E-state index is 0. The Morgan fingerprint density at radius 3 is 2.53 bits per heavy atom. The summed E-state index contributed by atoms with van der Waals surface area (Å²) in [5.41, 5.74) is 2.81. The van der Waals surface area contributed by atoms with Crippen LogP contribution in [0.25, 0.3) is 0 Å². The molecule has 3 rings (SSSR count). The van der Waals surface area contributed by atoms with Gasteiger partial charge in [-0.05, 0) is 49.8 Å². The lowest BCUT2D eigenvalue weighted by Crippen LogP contribution is -2.36. The zero-order valence-electron chi connectivity index (χ0n) is 19.4. The van der Waals surface area contributed by atoms with E-state index in [9.17, 15) is 4.79 Å². The van der Waals surface area contributed by atoms with Gasteiger partial charge in [-0.2, -0.15) is 0 Å². The quantitative estimate of drug-likeness (QED) is 0.282. The van der Waals surface area contributed by atoms with Gasteiger partial charge in [0.1, 0.15) is 0 Å². The fourth-order valence-corrected chi connectivity index (χ4v) is 3.98. The van der Waals surface area contributed by atoms with Crippen molar-refractivity contribution in [3.05, 3.63) is 52.9 Å². The number of benzene rings is 1. The molecule has 1 aliphatic heterocycles. The third-order valence-corrected chi connectivity index (χ3v) is 5.91. The number of aliphatic imine (C=N–C) groups is 1. The third kappa shape index (κ3) is 7.21. The summed E-state index contributed by atoms with van der Waals surface area (Å²) in [6, 6.07) is 9.85. The number of amides is 1. The number of hydrogen-bond acceptors (Lipinski definition) is 4. The fourth-order valence-electron chi connectivity index (χ4n) is 3.98. The zero-order valence-corrected chi connectivity index (χ0v) is 21.7. The predicted molar refractivity (Wildman–Crippen MR) is 138 cm³/mol. The summed E-state index contributed by atoms with van der Waals surface area (Å²) in [6.45, 7) is 7.15. The molecule has 1 aliphatic rings. The van der Waals surface area contributed by atoms with Crippen LogP contribution in [0.3, 0.4) is 0 Å². The molecule has 1 aromatic carbocycles. The van der Waals surface area contributed by atoms with E-state index in [1.165, 1.54) is 6.42 Å². The molecule has 1 fully saturated rings. The van der Waals surface area contributed by atoms with Crippen LogP contribution in [0.4, 0.5) is 0 Å². The third-order valence-electron chi connectivity index (χ3n) is 5.91. The van der Waals surface area contributed by atoms with Gasteiger partial charge in [-0.15, -0.1) is 24.0 Å². The molecule has 32 heavy (non-hydrogen) atoms. The van der Waals surface area contributed by atoms with Crippen molar-refractivity contribution in [3.63, 3.8) is 0 Å². The highest BCUT2D eigenvalue weighted by atomic mass is 127. The number of halogens is 1. The second kappa shape index (κ2) is 13.4. The maximum Gasteiger partial charge on any atom is 0.253 e. The van der Waals surface area contributed by atoms with Gasteiger partial charge >= 0.3 is 0 Å². The van der Waals surface area contributed by atoms with E-state index in [1.54, 1.807) is 7.05 Å². The number of hydrogen-bond donors (Lipinski definition) is 2. The van der Waals surface area contributed by atoms with E-state index in [1.807, 2.05) is 35.2 Å². The molecule has 0 aliphatic carbocycles. The standard InChI is InChI=1S/C24H35N5O2.HI/c1-4-19(5-2)22-15-21(31-28-22)17-27-24(25-3)26-16-18-10-9-11-20(14-18)23(30)29-12-7-6-8-13-29;/h9-11,14-15,19H,4-8,12-13,16-17H2,1-3H3,(H2,25,26,27);1H. The number of carbonyl (C=O) groups excluding carboxylic acids is 1. The maximum absolute atomic E-state index is 12.8. The maximum atomic E-state index is 12.8. The number of likely N-dealkylation sites (tertiary alicyclic amines) is 1. The van der Waals surface area contributed by atoms with Crippen molar-refractivity contribution in [2.45, 2.75) is 65.0 Å². The minimum absolute atomic E-state index is 0. The number of nitrogens with one attached hydrogen (secondary N) is 2. The summed E-state index contributed by atoms with van der Waals surface area (Å²) in [6.07, 6.45) is 5.52. The lowest BCUT2D eigenvalue weighted by Gasteiger charge is -2.26. The van der Waals surface area contributed by atoms with Crippen molar-refractivity contribution < 1.29 is 9.32 Å². The van der Waals surface area contributed by atoms with E-state index in [0.29, 0.717) is 25.0 Å². The van der Waals surface area contributed by atoms with Crippen molar-refractivity contribution in [1.82, 2.24) is 20.7 Å². The van der Waals surface area contributed by atoms with Crippen molar-refractivity contribution in [2.75, 3.05) is 20.1 Å². The van der Waals surface area contributed by atoms with Crippen LogP contribution in [0.15, 0.2) is 39.8 Å². The highest BCUT2D eigenvalue weighted by molar-refractivity contribution is 14.0. The SMILES string of the molecule is CCC(CC)c1cc(CNC(=NC)NCc2cccc(C(=O)N3CCCCC3)c2)on1.I. The van der Waals surface area contributed by atoms with Crippen molar-refractivity contribution in [3.8, 4) is 0 Å². The van der Waals surface area contributed by atoms with E-state index >= 15 is 0 Å². The molecular weight excluding hydrogens is 517 g/mol. The van der Waals surface area contributed by atoms with Crippen LogP contribution < -0.4 is 10.6 Å². The molecule has 1 saturated heterocycles. The minimum Gasteiger partial charge on any atom is -0.359 e. The molecule has 2 heterocycles. The second-order valence-electron chi connectivity index (χ2n) is 8.06. The van der Waals surface area contributed by atoms with E-state index < -0.39 is 0 Å². The summed E-state index contributed by atoms with van der Waals surface area (Å²) in [7, 11) is 1.74. The first-order valence-corrected chi connectivity index (χ1v) is 11.4. The van der Waals surface area contributed by atoms with Gasteiger partial charge in [-0.25, -0.2) is 0 Å². The van der Waals surface area contributed by atoms with E-state index in [0.717, 1.165) is 61.4 Å². The van der Waals surface area contributed by atoms with Gasteiger partial charge in [0.2, 0.25) is 0 Å². The van der Waals surface area contributed by atoms with Crippen molar-refractivity contribution in [2.24, 2.45) is 4.99 Å². The molecule has 7 nitrogen and oxygen atoms in total. The molecule has 1 amide bonds. The Morgan fingerprint density at radius 1 is 1.12 bits per heavy atom. The monoisotopic (exact) mass is 553 g/mol. The zero-order chi connectivity index (χ0) is 22.1. The molecule has 0 bridgehead atoms. The van der Waals surface area contributed by atoms with Crippen LogP contribution in [0.2, 0.25) is 0 Å². The van der Waals surface area contributed by atoms with Gasteiger partial charge < -0.3 is 20.1 Å². The van der Waals surface area contributed by atoms with Crippen molar-refractivity contribution in [1.29, 1.82) is 0 Å². The Balaban J connectivity index is 0.00000363. The Hall–Kier alpha value is -2.10. The van der Waals surface area contributed by atoms with Gasteiger partial charge in [0.15, 0.2) is 11.7 Å². The largest absolute Gasteiger partial charge is 0.359 e. The lowest BCUT2D eigenvalue weighted by molar-refractivity contribution is 0.0724. The summed E-state index contributed by atoms with van der Waals surface area (Å²) in [4.78, 5) is 19.0. The Morgan fingerprint density at radius 2 is 1.84 bits per heavy atom. The summed E-state index contributed by atoms with van der Waals surface area (Å²) >= 11 is 0. The highest BCUT2D eigenvalue weighted by Crippen LogP contribution is 2.22. The van der Waals surface area contributed by atoms with Crippen LogP contribution in [0, 0.1) is 0 Å². The summed E-state index contributed by atoms with van der Waals surface area (Å²) < 4.78 is 5.47. The van der Waals surface area contributed by atoms with Gasteiger partial charge in [0, 0.05) is 44.2 Å². The van der Waals surface area contributed by atoms with E-state index in [2.05, 4.69) is 34.6 Å². The number of aromatic nitrogens is 1. The second-order valence-corrected chi connectivity index (χ2v) is 8.06. The topological polar surface area (TPSA) is 82.8 Å². The fraction of sp³-hybridized carbons (Fsp3) is 0.542. The van der Waals surface area contributed by atoms with Gasteiger partial charge in [-0.1, -0.05) is 31.1 Å².